The largest absolute Gasteiger partial charge is 0.472 e. The van der Waals surface area contributed by atoms with Crippen LogP contribution in [0.15, 0.2) is 12.1 Å². The van der Waals surface area contributed by atoms with Gasteiger partial charge in [-0.3, -0.25) is 38.3 Å². The van der Waals surface area contributed by atoms with Gasteiger partial charge in [-0.1, -0.05) is 15.9 Å². The van der Waals surface area contributed by atoms with Crippen molar-refractivity contribution in [3.8, 4) is 0 Å². The Kier molecular flexibility index (Phi) is 11.2. The van der Waals surface area contributed by atoms with Crippen molar-refractivity contribution >= 4 is 56.8 Å². The van der Waals surface area contributed by atoms with Crippen molar-refractivity contribution < 1.29 is 45.7 Å². The second kappa shape index (κ2) is 12.9. The van der Waals surface area contributed by atoms with Crippen LogP contribution in [0.2, 0.25) is 0 Å². The number of carbonyl (C=O) groups is 1. The molecule has 1 rings (SSSR count). The number of nitrogens with zero attached hydrogens (tertiary/aromatic N) is 2. The molecular formula is C14H20BrN4O12PS. The van der Waals surface area contributed by atoms with Crippen molar-refractivity contribution in [2.45, 2.75) is 0 Å². The number of nitro benzene ring substituents is 2. The van der Waals surface area contributed by atoms with Crippen LogP contribution in [0.5, 0.6) is 0 Å². The van der Waals surface area contributed by atoms with Crippen LogP contribution in [0.4, 0.5) is 17.1 Å². The van der Waals surface area contributed by atoms with Crippen LogP contribution in [-0.4, -0.2) is 73.6 Å². The van der Waals surface area contributed by atoms with Crippen LogP contribution >= 0.6 is 23.8 Å². The van der Waals surface area contributed by atoms with Crippen molar-refractivity contribution in [3.63, 3.8) is 0 Å². The fraction of sp³-hybridized carbons (Fsp3) is 0.500. The maximum atomic E-state index is 12.6. The Morgan fingerprint density at radius 1 is 1.15 bits per heavy atom. The summed E-state index contributed by atoms with van der Waals surface area (Å²) >= 11 is 2.99. The summed E-state index contributed by atoms with van der Waals surface area (Å²) in [5.41, 5.74) is -2.48. The topological polar surface area (TPSA) is 227 Å². The number of nitro groups is 2. The fourth-order valence-electron chi connectivity index (χ4n) is 2.20. The number of rotatable bonds is 15. The number of hydrogen-bond donors (Lipinski definition) is 3. The van der Waals surface area contributed by atoms with Gasteiger partial charge in [-0.25, -0.2) is 4.57 Å². The number of benzene rings is 1. The maximum Gasteiger partial charge on any atom is 0.472 e. The number of carbonyl (C=O) groups excluding carboxylic acids is 1. The summed E-state index contributed by atoms with van der Waals surface area (Å²) < 4.78 is 47.3. The second-order valence-corrected chi connectivity index (χ2v) is 9.82. The highest BCUT2D eigenvalue weighted by atomic mass is 79.9. The summed E-state index contributed by atoms with van der Waals surface area (Å²) in [6.45, 7) is -1.69. The Hall–Kier alpha value is -2.21. The molecule has 0 radical (unpaired) electrons. The van der Waals surface area contributed by atoms with Gasteiger partial charge in [0.05, 0.1) is 47.6 Å². The molecule has 0 heterocycles. The third kappa shape index (κ3) is 10.5. The maximum absolute atomic E-state index is 12.6. The molecule has 1 atom stereocenters. The van der Waals surface area contributed by atoms with Crippen LogP contribution in [0.1, 0.15) is 10.4 Å². The van der Waals surface area contributed by atoms with Crippen LogP contribution in [-0.2, 0) is 27.9 Å². The van der Waals surface area contributed by atoms with Crippen molar-refractivity contribution in [3.05, 3.63) is 37.9 Å². The second-order valence-electron chi connectivity index (χ2n) is 5.93. The number of phosphoric acid groups is 1. The first kappa shape index (κ1) is 28.8. The van der Waals surface area contributed by atoms with Crippen LogP contribution in [0.25, 0.3) is 0 Å². The van der Waals surface area contributed by atoms with Gasteiger partial charge in [-0.05, 0) is 0 Å². The molecule has 3 N–H and O–H groups in total. The molecule has 0 aliphatic rings. The van der Waals surface area contributed by atoms with Crippen molar-refractivity contribution in [1.82, 2.24) is 5.32 Å². The SMILES string of the molecule is CS(=O)(=O)OCCNc1c(C(=O)NCCOP(=O)(O)OCCBr)cc([N+](=O)[O-])cc1[N+](=O)[O-]. The monoisotopic (exact) mass is 578 g/mol. The number of phosphoric ester groups is 1. The lowest BCUT2D eigenvalue weighted by Gasteiger charge is -2.14. The van der Waals surface area contributed by atoms with Crippen molar-refractivity contribution in [2.24, 2.45) is 0 Å². The molecule has 0 saturated carbocycles. The predicted molar refractivity (Wildman–Crippen MR) is 117 cm³/mol. The average Bonchev–Trinajstić information content (AvgIpc) is 2.71. The summed E-state index contributed by atoms with van der Waals surface area (Å²) in [7, 11) is -8.15. The minimum absolute atomic E-state index is 0.116. The number of amides is 1. The molecule has 16 nitrogen and oxygen atoms in total. The lowest BCUT2D eigenvalue weighted by Crippen LogP contribution is -2.28. The van der Waals surface area contributed by atoms with Gasteiger partial charge >= 0.3 is 7.82 Å². The zero-order valence-electron chi connectivity index (χ0n) is 17.0. The third-order valence-electron chi connectivity index (χ3n) is 3.43. The van der Waals surface area contributed by atoms with Crippen LogP contribution in [0.3, 0.4) is 0 Å². The van der Waals surface area contributed by atoms with E-state index in [2.05, 4.69) is 39.8 Å². The summed E-state index contributed by atoms with van der Waals surface area (Å²) in [6.07, 6.45) is 0.790. The van der Waals surface area contributed by atoms with Crippen molar-refractivity contribution in [1.29, 1.82) is 0 Å². The molecule has 0 fully saturated rings. The molecule has 0 aromatic heterocycles. The van der Waals surface area contributed by atoms with Gasteiger partial charge in [0, 0.05) is 24.5 Å². The Morgan fingerprint density at radius 3 is 2.33 bits per heavy atom. The number of non-ortho nitro benzene ring substituents is 1. The summed E-state index contributed by atoms with van der Waals surface area (Å²) in [5.74, 6) is -1.01. The molecular weight excluding hydrogens is 559 g/mol. The molecule has 33 heavy (non-hydrogen) atoms. The first-order valence-corrected chi connectivity index (χ1v) is 13.2. The molecule has 1 unspecified atom stereocenters. The molecule has 0 aliphatic carbocycles. The Labute approximate surface area is 195 Å². The molecule has 1 amide bonds. The fourth-order valence-corrected chi connectivity index (χ4v) is 3.72. The number of anilines is 1. The van der Waals surface area contributed by atoms with E-state index in [1.807, 2.05) is 0 Å². The van der Waals surface area contributed by atoms with E-state index < -0.39 is 69.5 Å². The van der Waals surface area contributed by atoms with Gasteiger partial charge in [0.2, 0.25) is 0 Å². The Bertz CT molecular complexity index is 1040. The minimum Gasteiger partial charge on any atom is -0.376 e. The first-order chi connectivity index (χ1) is 15.3. The molecule has 19 heteroatoms. The quantitative estimate of drug-likeness (QED) is 0.0663. The summed E-state index contributed by atoms with van der Waals surface area (Å²) in [5, 5.41) is 27.5. The van der Waals surface area contributed by atoms with Crippen LogP contribution in [0, 0.1) is 20.2 Å². The standard InChI is InChI=1S/C14H20BrN4O12PS/c1-33(27,28)31-7-4-16-13-11(8-10(18(21)22)9-12(13)19(23)24)14(20)17-3-6-30-32(25,26)29-5-2-15/h8-9,16H,2-7H2,1H3,(H,17,20)(H,25,26). The highest BCUT2D eigenvalue weighted by molar-refractivity contribution is 9.09. The van der Waals surface area contributed by atoms with E-state index in [9.17, 15) is 42.9 Å². The first-order valence-electron chi connectivity index (χ1n) is 8.78. The van der Waals surface area contributed by atoms with Gasteiger partial charge < -0.3 is 15.5 Å². The third-order valence-corrected chi connectivity index (χ3v) is 5.37. The van der Waals surface area contributed by atoms with Gasteiger partial charge in [0.15, 0.2) is 0 Å². The summed E-state index contributed by atoms with van der Waals surface area (Å²) in [6, 6.07) is 1.40. The molecule has 186 valence electrons. The average molecular weight is 579 g/mol. The minimum atomic E-state index is -4.36. The van der Waals surface area contributed by atoms with Gasteiger partial charge in [0.1, 0.15) is 5.69 Å². The van der Waals surface area contributed by atoms with E-state index in [0.29, 0.717) is 6.07 Å². The van der Waals surface area contributed by atoms with Crippen molar-refractivity contribution in [2.75, 3.05) is 49.8 Å². The molecule has 0 aliphatic heterocycles. The number of halogens is 1. The molecule has 1 aromatic rings. The molecule has 0 bridgehead atoms. The van der Waals surface area contributed by atoms with E-state index in [-0.39, 0.29) is 25.0 Å². The van der Waals surface area contributed by atoms with Gasteiger partial charge in [-0.15, -0.1) is 0 Å². The highest BCUT2D eigenvalue weighted by Crippen LogP contribution is 2.42. The lowest BCUT2D eigenvalue weighted by molar-refractivity contribution is -0.393. The van der Waals surface area contributed by atoms with E-state index >= 15 is 0 Å². The Balaban J connectivity index is 3.04. The number of alkyl halides is 1. The zero-order valence-corrected chi connectivity index (χ0v) is 20.3. The van der Waals surface area contributed by atoms with E-state index in [1.165, 1.54) is 0 Å². The van der Waals surface area contributed by atoms with E-state index in [1.54, 1.807) is 0 Å². The molecule has 1 aromatic carbocycles. The number of nitrogens with one attached hydrogen (secondary N) is 2. The zero-order chi connectivity index (χ0) is 25.2. The molecule has 0 saturated heterocycles. The predicted octanol–water partition coefficient (Wildman–Crippen LogP) is 1.15. The van der Waals surface area contributed by atoms with E-state index in [0.717, 1.165) is 12.3 Å². The number of hydrogen-bond acceptors (Lipinski definition) is 12. The smallest absolute Gasteiger partial charge is 0.376 e. The van der Waals surface area contributed by atoms with Gasteiger partial charge in [0.25, 0.3) is 27.4 Å². The van der Waals surface area contributed by atoms with E-state index in [4.69, 9.17) is 0 Å². The highest BCUT2D eigenvalue weighted by Gasteiger charge is 2.28. The lowest BCUT2D eigenvalue weighted by atomic mass is 10.1. The summed E-state index contributed by atoms with van der Waals surface area (Å²) in [4.78, 5) is 42.6. The van der Waals surface area contributed by atoms with Crippen LogP contribution < -0.4 is 10.6 Å². The Morgan fingerprint density at radius 2 is 1.79 bits per heavy atom. The molecule has 0 spiro atoms. The van der Waals surface area contributed by atoms with Gasteiger partial charge in [-0.2, -0.15) is 8.42 Å². The normalized spacial score (nSPS) is 13.2.